The van der Waals surface area contributed by atoms with Gasteiger partial charge >= 0.3 is 0 Å². The molecule has 5 nitrogen and oxygen atoms in total. The van der Waals surface area contributed by atoms with Gasteiger partial charge in [-0.05, 0) is 36.6 Å². The molecule has 180 valence electrons. The second-order valence-electron chi connectivity index (χ2n) is 10.1. The molecule has 5 heteroatoms. The standard InChI is InChI=1S/C30H33N3O2/c1-22(34)32-30-20-31-19-18-26(30)27(23-12-6-3-7-13-23)33(21-30)28(35)29(2,24-14-8-4-9-15-24)25-16-10-5-11-17-25/h3-17,26-27,31H,18-21H2,1-2H3,(H,32,34)/t26-,27-,30-/m1/s1. The van der Waals surface area contributed by atoms with Crippen LogP contribution in [0.15, 0.2) is 91.0 Å². The van der Waals surface area contributed by atoms with Crippen molar-refractivity contribution in [3.8, 4) is 0 Å². The summed E-state index contributed by atoms with van der Waals surface area (Å²) in [4.78, 5) is 29.2. The van der Waals surface area contributed by atoms with Crippen molar-refractivity contribution in [2.45, 2.75) is 37.3 Å². The summed E-state index contributed by atoms with van der Waals surface area (Å²) >= 11 is 0. The summed E-state index contributed by atoms with van der Waals surface area (Å²) in [6, 6.07) is 30.2. The third-order valence-corrected chi connectivity index (χ3v) is 7.91. The lowest BCUT2D eigenvalue weighted by atomic mass is 9.74. The molecule has 2 fully saturated rings. The molecule has 0 spiro atoms. The number of likely N-dealkylation sites (tertiary alicyclic amines) is 1. The van der Waals surface area contributed by atoms with E-state index in [4.69, 9.17) is 0 Å². The Balaban J connectivity index is 1.66. The quantitative estimate of drug-likeness (QED) is 0.595. The molecule has 2 heterocycles. The third kappa shape index (κ3) is 4.04. The van der Waals surface area contributed by atoms with Gasteiger partial charge in [0.1, 0.15) is 0 Å². The molecular weight excluding hydrogens is 434 g/mol. The van der Waals surface area contributed by atoms with Crippen molar-refractivity contribution >= 4 is 11.8 Å². The summed E-state index contributed by atoms with van der Waals surface area (Å²) in [7, 11) is 0. The smallest absolute Gasteiger partial charge is 0.238 e. The Hall–Kier alpha value is -3.44. The van der Waals surface area contributed by atoms with Gasteiger partial charge in [-0.1, -0.05) is 91.0 Å². The van der Waals surface area contributed by atoms with Crippen LogP contribution in [-0.4, -0.2) is 41.9 Å². The highest BCUT2D eigenvalue weighted by atomic mass is 16.2. The molecule has 5 rings (SSSR count). The van der Waals surface area contributed by atoms with Crippen LogP contribution < -0.4 is 10.6 Å². The number of rotatable bonds is 5. The molecule has 0 aromatic heterocycles. The Morgan fingerprint density at radius 2 is 1.46 bits per heavy atom. The minimum atomic E-state index is -0.867. The van der Waals surface area contributed by atoms with Crippen molar-refractivity contribution in [2.75, 3.05) is 19.6 Å². The minimum absolute atomic E-state index is 0.0582. The third-order valence-electron chi connectivity index (χ3n) is 7.91. The van der Waals surface area contributed by atoms with Gasteiger partial charge < -0.3 is 15.5 Å². The van der Waals surface area contributed by atoms with Gasteiger partial charge in [0, 0.05) is 25.9 Å². The van der Waals surface area contributed by atoms with Crippen molar-refractivity contribution in [3.63, 3.8) is 0 Å². The number of carbonyl (C=O) groups is 2. The highest BCUT2D eigenvalue weighted by molar-refractivity contribution is 5.92. The van der Waals surface area contributed by atoms with Gasteiger partial charge in [-0.2, -0.15) is 0 Å². The SMILES string of the molecule is CC(=O)N[C@@]12CNCC[C@@H]1[C@@H](c1ccccc1)N(C(=O)C(C)(c1ccccc1)c1ccccc1)C2. The second kappa shape index (κ2) is 9.31. The van der Waals surface area contributed by atoms with Gasteiger partial charge in [0.05, 0.1) is 17.0 Å². The maximum atomic E-state index is 14.8. The number of hydrogen-bond donors (Lipinski definition) is 2. The van der Waals surface area contributed by atoms with Crippen LogP contribution in [0.3, 0.4) is 0 Å². The van der Waals surface area contributed by atoms with Gasteiger partial charge in [-0.3, -0.25) is 9.59 Å². The van der Waals surface area contributed by atoms with Crippen LogP contribution in [0.2, 0.25) is 0 Å². The molecule has 0 radical (unpaired) electrons. The van der Waals surface area contributed by atoms with Gasteiger partial charge in [0.25, 0.3) is 0 Å². The number of benzene rings is 3. The van der Waals surface area contributed by atoms with E-state index in [0.717, 1.165) is 29.7 Å². The average Bonchev–Trinajstić information content (AvgIpc) is 3.23. The Labute approximate surface area is 207 Å². The molecule has 2 aliphatic heterocycles. The van der Waals surface area contributed by atoms with E-state index < -0.39 is 11.0 Å². The van der Waals surface area contributed by atoms with E-state index in [-0.39, 0.29) is 23.8 Å². The summed E-state index contributed by atoms with van der Waals surface area (Å²) in [5.74, 6) is 0.117. The van der Waals surface area contributed by atoms with E-state index in [1.54, 1.807) is 6.92 Å². The van der Waals surface area contributed by atoms with Crippen molar-refractivity contribution in [1.82, 2.24) is 15.5 Å². The lowest BCUT2D eigenvalue weighted by Gasteiger charge is -2.40. The summed E-state index contributed by atoms with van der Waals surface area (Å²) < 4.78 is 0. The Bertz CT molecular complexity index is 1140. The van der Waals surface area contributed by atoms with Gasteiger partial charge in [0.2, 0.25) is 11.8 Å². The normalized spacial score (nSPS) is 24.0. The van der Waals surface area contributed by atoms with Gasteiger partial charge in [-0.15, -0.1) is 0 Å². The monoisotopic (exact) mass is 467 g/mol. The zero-order valence-electron chi connectivity index (χ0n) is 20.4. The largest absolute Gasteiger partial charge is 0.347 e. The molecule has 0 saturated carbocycles. The van der Waals surface area contributed by atoms with E-state index in [1.165, 1.54) is 0 Å². The molecule has 0 aliphatic carbocycles. The van der Waals surface area contributed by atoms with Crippen molar-refractivity contribution in [1.29, 1.82) is 0 Å². The fourth-order valence-corrected chi connectivity index (χ4v) is 6.26. The predicted octanol–water partition coefficient (Wildman–Crippen LogP) is 4.06. The van der Waals surface area contributed by atoms with Crippen LogP contribution in [0.4, 0.5) is 0 Å². The van der Waals surface area contributed by atoms with Crippen LogP contribution in [0.5, 0.6) is 0 Å². The van der Waals surface area contributed by atoms with Crippen LogP contribution >= 0.6 is 0 Å². The van der Waals surface area contributed by atoms with E-state index in [1.807, 2.05) is 90.7 Å². The molecule has 3 aromatic carbocycles. The molecule has 35 heavy (non-hydrogen) atoms. The summed E-state index contributed by atoms with van der Waals surface area (Å²) in [6.45, 7) is 5.59. The number of nitrogens with one attached hydrogen (secondary N) is 2. The molecule has 2 aliphatic rings. The Kier molecular flexibility index (Phi) is 6.20. The zero-order chi connectivity index (χ0) is 24.5. The first-order valence-corrected chi connectivity index (χ1v) is 12.4. The highest BCUT2D eigenvalue weighted by Gasteiger charge is 2.58. The van der Waals surface area contributed by atoms with E-state index in [0.29, 0.717) is 13.1 Å². The first-order chi connectivity index (χ1) is 17.0. The highest BCUT2D eigenvalue weighted by Crippen LogP contribution is 2.48. The number of piperidine rings is 1. The summed E-state index contributed by atoms with van der Waals surface area (Å²) in [6.07, 6.45) is 0.886. The lowest BCUT2D eigenvalue weighted by Crippen LogP contribution is -2.63. The molecule has 0 bridgehead atoms. The van der Waals surface area contributed by atoms with Crippen LogP contribution in [0, 0.1) is 5.92 Å². The van der Waals surface area contributed by atoms with Crippen LogP contribution in [-0.2, 0) is 15.0 Å². The molecule has 2 N–H and O–H groups in total. The van der Waals surface area contributed by atoms with Crippen molar-refractivity contribution in [2.24, 2.45) is 5.92 Å². The number of amides is 2. The summed E-state index contributed by atoms with van der Waals surface area (Å²) in [5.41, 5.74) is 1.67. The molecule has 3 atom stereocenters. The fraction of sp³-hybridized carbons (Fsp3) is 0.333. The van der Waals surface area contributed by atoms with Crippen molar-refractivity contribution < 1.29 is 9.59 Å². The van der Waals surface area contributed by atoms with E-state index in [2.05, 4.69) is 22.8 Å². The Morgan fingerprint density at radius 1 is 0.914 bits per heavy atom. The van der Waals surface area contributed by atoms with Crippen LogP contribution in [0.1, 0.15) is 43.0 Å². The average molecular weight is 468 g/mol. The number of fused-ring (bicyclic) bond motifs is 1. The predicted molar refractivity (Wildman–Crippen MR) is 138 cm³/mol. The van der Waals surface area contributed by atoms with Gasteiger partial charge in [-0.25, -0.2) is 0 Å². The molecule has 3 aromatic rings. The Morgan fingerprint density at radius 3 is 2.00 bits per heavy atom. The summed E-state index contributed by atoms with van der Waals surface area (Å²) in [5, 5.41) is 6.76. The van der Waals surface area contributed by atoms with Crippen molar-refractivity contribution in [3.05, 3.63) is 108 Å². The van der Waals surface area contributed by atoms with E-state index in [9.17, 15) is 9.59 Å². The lowest BCUT2D eigenvalue weighted by molar-refractivity contribution is -0.137. The first kappa shape index (κ1) is 23.3. The molecule has 2 saturated heterocycles. The molecular formula is C30H33N3O2. The number of nitrogens with zero attached hydrogens (tertiary/aromatic N) is 1. The van der Waals surface area contributed by atoms with Crippen LogP contribution in [0.25, 0.3) is 0 Å². The minimum Gasteiger partial charge on any atom is -0.347 e. The second-order valence-corrected chi connectivity index (χ2v) is 10.1. The van der Waals surface area contributed by atoms with E-state index >= 15 is 0 Å². The number of carbonyl (C=O) groups excluding carboxylic acids is 2. The molecule has 0 unspecified atom stereocenters. The fourth-order valence-electron chi connectivity index (χ4n) is 6.26. The van der Waals surface area contributed by atoms with Gasteiger partial charge in [0.15, 0.2) is 0 Å². The number of hydrogen-bond acceptors (Lipinski definition) is 3. The first-order valence-electron chi connectivity index (χ1n) is 12.4. The molecule has 2 amide bonds. The zero-order valence-corrected chi connectivity index (χ0v) is 20.4. The maximum absolute atomic E-state index is 14.8. The maximum Gasteiger partial charge on any atom is 0.238 e. The topological polar surface area (TPSA) is 61.4 Å².